The topological polar surface area (TPSA) is 56.5 Å². The van der Waals surface area contributed by atoms with E-state index >= 15 is 0 Å². The molecule has 0 amide bonds. The molecule has 1 aliphatic rings. The number of pyridine rings is 1. The van der Waals surface area contributed by atoms with Crippen molar-refractivity contribution in [2.24, 2.45) is 5.41 Å². The maximum Gasteiger partial charge on any atom is 0.261 e. The van der Waals surface area contributed by atoms with Gasteiger partial charge in [-0.25, -0.2) is 0 Å². The van der Waals surface area contributed by atoms with Crippen molar-refractivity contribution in [1.82, 2.24) is 9.55 Å². The Morgan fingerprint density at radius 3 is 2.08 bits per heavy atom. The van der Waals surface area contributed by atoms with E-state index in [1.54, 1.807) is 7.11 Å². The maximum absolute atomic E-state index is 10.4. The number of benzene rings is 3. The fourth-order valence-corrected chi connectivity index (χ4v) is 12.4. The van der Waals surface area contributed by atoms with Crippen molar-refractivity contribution in [1.29, 1.82) is 0 Å². The molecule has 5 aromatic rings. The molecule has 252 valence electrons. The monoisotopic (exact) mass is 660 g/mol. The second-order valence-electron chi connectivity index (χ2n) is 15.4. The van der Waals surface area contributed by atoms with E-state index in [0.29, 0.717) is 6.61 Å². The molecule has 3 aromatic carbocycles. The molecule has 3 atom stereocenters. The number of hydrogen-bond acceptors (Lipinski definition) is 4. The molecular formula is C42H52N2O3Si. The van der Waals surface area contributed by atoms with Crippen LogP contribution in [0.15, 0.2) is 97.2 Å². The Labute approximate surface area is 288 Å². The molecule has 1 saturated carbocycles. The van der Waals surface area contributed by atoms with Crippen molar-refractivity contribution in [3.63, 3.8) is 0 Å². The van der Waals surface area contributed by atoms with Gasteiger partial charge in [-0.05, 0) is 82.9 Å². The highest BCUT2D eigenvalue weighted by Crippen LogP contribution is 2.46. The zero-order valence-electron chi connectivity index (χ0n) is 30.0. The van der Waals surface area contributed by atoms with Gasteiger partial charge in [-0.1, -0.05) is 101 Å². The van der Waals surface area contributed by atoms with Gasteiger partial charge < -0.3 is 18.8 Å². The van der Waals surface area contributed by atoms with Gasteiger partial charge in [0.25, 0.3) is 8.32 Å². The average Bonchev–Trinajstić information content (AvgIpc) is 3.74. The first-order valence-electron chi connectivity index (χ1n) is 17.5. The number of hydrogen-bond donors (Lipinski definition) is 1. The number of ether oxygens (including phenoxy) is 1. The summed E-state index contributed by atoms with van der Waals surface area (Å²) in [6.45, 7) is 17.4. The minimum absolute atomic E-state index is 0.101. The molecule has 2 aromatic heterocycles. The Morgan fingerprint density at radius 2 is 1.54 bits per heavy atom. The van der Waals surface area contributed by atoms with Crippen molar-refractivity contribution in [3.8, 4) is 11.3 Å². The molecule has 1 fully saturated rings. The van der Waals surface area contributed by atoms with Crippen LogP contribution in [0.4, 0.5) is 0 Å². The van der Waals surface area contributed by atoms with Crippen molar-refractivity contribution < 1.29 is 14.3 Å². The molecule has 1 aliphatic carbocycles. The molecule has 6 rings (SSSR count). The summed E-state index contributed by atoms with van der Waals surface area (Å²) in [7, 11) is -0.973. The van der Waals surface area contributed by atoms with E-state index in [2.05, 4.69) is 138 Å². The Kier molecular flexibility index (Phi) is 9.58. The van der Waals surface area contributed by atoms with Crippen LogP contribution in [0.25, 0.3) is 22.2 Å². The van der Waals surface area contributed by atoms with E-state index in [4.69, 9.17) is 14.1 Å². The molecule has 0 aliphatic heterocycles. The Bertz CT molecular complexity index is 1820. The first kappa shape index (κ1) is 34.3. The molecule has 5 nitrogen and oxygen atoms in total. The summed E-state index contributed by atoms with van der Waals surface area (Å²) in [6.07, 6.45) is 3.11. The van der Waals surface area contributed by atoms with E-state index in [1.807, 2.05) is 12.3 Å². The van der Waals surface area contributed by atoms with Crippen LogP contribution in [0.5, 0.6) is 0 Å². The third-order valence-corrected chi connectivity index (χ3v) is 15.3. The minimum Gasteiger partial charge on any atom is -0.407 e. The van der Waals surface area contributed by atoms with Gasteiger partial charge in [0, 0.05) is 48.8 Å². The highest BCUT2D eigenvalue weighted by atomic mass is 28.4. The van der Waals surface area contributed by atoms with Gasteiger partial charge in [-0.15, -0.1) is 0 Å². The van der Waals surface area contributed by atoms with Crippen LogP contribution in [0, 0.1) is 5.41 Å². The zero-order chi connectivity index (χ0) is 34.3. The number of nitrogens with zero attached hydrogens (tertiary/aromatic N) is 2. The van der Waals surface area contributed by atoms with Gasteiger partial charge in [-0.2, -0.15) is 0 Å². The van der Waals surface area contributed by atoms with Crippen LogP contribution in [0.1, 0.15) is 83.7 Å². The summed E-state index contributed by atoms with van der Waals surface area (Å²) in [4.78, 5) is 4.85. The minimum atomic E-state index is -2.72. The first-order valence-corrected chi connectivity index (χ1v) is 19.4. The normalized spacial score (nSPS) is 17.5. The van der Waals surface area contributed by atoms with Crippen LogP contribution in [-0.4, -0.2) is 42.8 Å². The molecule has 0 bridgehead atoms. The number of fused-ring (bicyclic) bond motifs is 1. The number of methoxy groups -OCH3 is 1. The largest absolute Gasteiger partial charge is 0.407 e. The first-order chi connectivity index (χ1) is 22.9. The lowest BCUT2D eigenvalue weighted by molar-refractivity contribution is 0.116. The van der Waals surface area contributed by atoms with E-state index in [1.165, 1.54) is 38.1 Å². The summed E-state index contributed by atoms with van der Waals surface area (Å²) >= 11 is 0. The summed E-state index contributed by atoms with van der Waals surface area (Å²) in [5, 5.41) is 14.1. The van der Waals surface area contributed by atoms with Crippen molar-refractivity contribution in [2.45, 2.75) is 91.0 Å². The predicted molar refractivity (Wildman–Crippen MR) is 201 cm³/mol. The van der Waals surface area contributed by atoms with Gasteiger partial charge in [-0.3, -0.25) is 4.98 Å². The van der Waals surface area contributed by atoms with Crippen LogP contribution >= 0.6 is 0 Å². The lowest BCUT2D eigenvalue weighted by atomic mass is 9.84. The maximum atomic E-state index is 10.4. The third-order valence-electron chi connectivity index (χ3n) is 10.3. The van der Waals surface area contributed by atoms with Crippen molar-refractivity contribution in [3.05, 3.63) is 114 Å². The fraction of sp³-hybridized carbons (Fsp3) is 0.405. The van der Waals surface area contributed by atoms with Gasteiger partial charge in [0.15, 0.2) is 0 Å². The molecule has 0 saturated heterocycles. The van der Waals surface area contributed by atoms with E-state index in [-0.39, 0.29) is 28.6 Å². The quantitative estimate of drug-likeness (QED) is 0.137. The second kappa shape index (κ2) is 13.4. The standard InChI is InChI=1S/C42H52N2O3Si/c1-9-44-37-23-22-30(34-26-38(34)45)25-35(37)36(40(44)33-21-16-24-43-39(33)29(2)46-8)27-42(6,7)28-47-48(41(3,4)5,31-17-12-10-13-18-31)32-19-14-11-15-20-32/h10-25,29,34,38,45H,9,26-28H2,1-8H3/t29-,34+,38-/m0/s1. The van der Waals surface area contributed by atoms with Crippen LogP contribution < -0.4 is 10.4 Å². The van der Waals surface area contributed by atoms with Crippen LogP contribution in [0.3, 0.4) is 0 Å². The lowest BCUT2D eigenvalue weighted by Crippen LogP contribution is -2.67. The smallest absolute Gasteiger partial charge is 0.261 e. The van der Waals surface area contributed by atoms with Crippen LogP contribution in [0.2, 0.25) is 5.04 Å². The number of aliphatic hydroxyl groups excluding tert-OH is 1. The Hall–Kier alpha value is -3.55. The second-order valence-corrected chi connectivity index (χ2v) is 19.7. The molecule has 0 unspecified atom stereocenters. The Morgan fingerprint density at radius 1 is 0.917 bits per heavy atom. The van der Waals surface area contributed by atoms with Crippen molar-refractivity contribution in [2.75, 3.05) is 13.7 Å². The third kappa shape index (κ3) is 6.32. The summed E-state index contributed by atoms with van der Waals surface area (Å²) < 4.78 is 15.8. The van der Waals surface area contributed by atoms with E-state index in [0.717, 1.165) is 30.6 Å². The van der Waals surface area contributed by atoms with E-state index < -0.39 is 8.32 Å². The predicted octanol–water partition coefficient (Wildman–Crippen LogP) is 8.42. The molecule has 1 N–H and O–H groups in total. The number of aliphatic hydroxyl groups is 1. The SMILES string of the molecule is CCn1c(-c2cccnc2[C@H](C)OC)c(CC(C)(C)CO[Si](c2ccccc2)(c2ccccc2)C(C)(C)C)c2cc([C@H]3C[C@@H]3O)ccc21. The Balaban J connectivity index is 1.49. The number of aryl methyl sites for hydroxylation is 1. The van der Waals surface area contributed by atoms with Gasteiger partial charge in [0.2, 0.25) is 0 Å². The lowest BCUT2D eigenvalue weighted by Gasteiger charge is -2.44. The van der Waals surface area contributed by atoms with Gasteiger partial charge >= 0.3 is 0 Å². The molecule has 6 heteroatoms. The molecular weight excluding hydrogens is 609 g/mol. The van der Waals surface area contributed by atoms with Crippen LogP contribution in [-0.2, 0) is 22.1 Å². The molecule has 0 radical (unpaired) electrons. The molecule has 2 heterocycles. The zero-order valence-corrected chi connectivity index (χ0v) is 31.0. The van der Waals surface area contributed by atoms with Gasteiger partial charge in [0.05, 0.1) is 23.6 Å². The molecule has 48 heavy (non-hydrogen) atoms. The number of aromatic nitrogens is 2. The van der Waals surface area contributed by atoms with Crippen molar-refractivity contribution >= 4 is 29.6 Å². The summed E-state index contributed by atoms with van der Waals surface area (Å²) in [5.74, 6) is 0.213. The average molecular weight is 661 g/mol. The number of rotatable bonds is 12. The fourth-order valence-electron chi connectivity index (χ4n) is 7.68. The molecule has 0 spiro atoms. The summed E-state index contributed by atoms with van der Waals surface area (Å²) in [5.41, 5.74) is 6.77. The van der Waals surface area contributed by atoms with E-state index in [9.17, 15) is 5.11 Å². The highest BCUT2D eigenvalue weighted by Gasteiger charge is 2.51. The van der Waals surface area contributed by atoms with Gasteiger partial charge in [0.1, 0.15) is 0 Å². The summed E-state index contributed by atoms with van der Waals surface area (Å²) in [6, 6.07) is 32.9. The highest BCUT2D eigenvalue weighted by molar-refractivity contribution is 6.99.